The molecular weight excluding hydrogens is 288 g/mol. The Morgan fingerprint density at radius 2 is 2.00 bits per heavy atom. The van der Waals surface area contributed by atoms with Crippen molar-refractivity contribution in [1.82, 2.24) is 4.98 Å². The molecule has 2 rings (SSSR count). The Labute approximate surface area is 108 Å². The highest BCUT2D eigenvalue weighted by molar-refractivity contribution is 9.10. The van der Waals surface area contributed by atoms with Gasteiger partial charge in [0.2, 0.25) is 0 Å². The number of pyridine rings is 1. The summed E-state index contributed by atoms with van der Waals surface area (Å²) in [6, 6.07) is 9.80. The zero-order valence-electron chi connectivity index (χ0n) is 8.45. The summed E-state index contributed by atoms with van der Waals surface area (Å²) in [4.78, 5) is 4.04. The van der Waals surface area contributed by atoms with Crippen molar-refractivity contribution >= 4 is 27.5 Å². The smallest absolute Gasteiger partial charge is 0.129 e. The Hall–Kier alpha value is -0.900. The van der Waals surface area contributed by atoms with Gasteiger partial charge in [-0.1, -0.05) is 45.7 Å². The van der Waals surface area contributed by atoms with Crippen LogP contribution in [0, 0.1) is 0 Å². The SMILES string of the molecule is NCc1cnc(Cl)cc1-c1ccccc1Br. The first-order valence-corrected chi connectivity index (χ1v) is 5.99. The minimum atomic E-state index is 0.445. The van der Waals surface area contributed by atoms with Gasteiger partial charge in [-0.2, -0.15) is 0 Å². The van der Waals surface area contributed by atoms with Crippen LogP contribution < -0.4 is 5.73 Å². The summed E-state index contributed by atoms with van der Waals surface area (Å²) in [5.74, 6) is 0. The second kappa shape index (κ2) is 4.95. The van der Waals surface area contributed by atoms with Crippen molar-refractivity contribution < 1.29 is 0 Å². The summed E-state index contributed by atoms with van der Waals surface area (Å²) in [5.41, 5.74) is 8.77. The van der Waals surface area contributed by atoms with Crippen LogP contribution in [-0.2, 0) is 6.54 Å². The molecule has 16 heavy (non-hydrogen) atoms. The van der Waals surface area contributed by atoms with E-state index in [0.29, 0.717) is 11.7 Å². The molecule has 0 fully saturated rings. The first-order valence-electron chi connectivity index (χ1n) is 4.81. The predicted molar refractivity (Wildman–Crippen MR) is 70.3 cm³/mol. The van der Waals surface area contributed by atoms with Crippen LogP contribution in [0.15, 0.2) is 41.0 Å². The largest absolute Gasteiger partial charge is 0.326 e. The first kappa shape index (κ1) is 11.6. The van der Waals surface area contributed by atoms with E-state index in [-0.39, 0.29) is 0 Å². The van der Waals surface area contributed by atoms with E-state index in [9.17, 15) is 0 Å². The lowest BCUT2D eigenvalue weighted by Crippen LogP contribution is -2.00. The molecule has 0 unspecified atom stereocenters. The number of nitrogens with zero attached hydrogens (tertiary/aromatic N) is 1. The molecule has 0 aliphatic carbocycles. The molecule has 4 heteroatoms. The number of halogens is 2. The van der Waals surface area contributed by atoms with Crippen molar-refractivity contribution in [3.63, 3.8) is 0 Å². The molecule has 0 atom stereocenters. The topological polar surface area (TPSA) is 38.9 Å². The average molecular weight is 298 g/mol. The molecular formula is C12H10BrClN2. The van der Waals surface area contributed by atoms with Crippen molar-refractivity contribution in [3.8, 4) is 11.1 Å². The van der Waals surface area contributed by atoms with Gasteiger partial charge >= 0.3 is 0 Å². The predicted octanol–water partition coefficient (Wildman–Crippen LogP) is 3.62. The first-order chi connectivity index (χ1) is 7.72. The van der Waals surface area contributed by atoms with Gasteiger partial charge in [0.15, 0.2) is 0 Å². The van der Waals surface area contributed by atoms with Crippen molar-refractivity contribution in [3.05, 3.63) is 51.7 Å². The number of hydrogen-bond acceptors (Lipinski definition) is 2. The quantitative estimate of drug-likeness (QED) is 0.860. The van der Waals surface area contributed by atoms with Gasteiger partial charge in [-0.25, -0.2) is 4.98 Å². The van der Waals surface area contributed by atoms with Gasteiger partial charge in [-0.3, -0.25) is 0 Å². The fraction of sp³-hybridized carbons (Fsp3) is 0.0833. The normalized spacial score (nSPS) is 10.4. The molecule has 0 saturated carbocycles. The Bertz CT molecular complexity index is 514. The fourth-order valence-corrected chi connectivity index (χ4v) is 2.21. The Morgan fingerprint density at radius 3 is 2.69 bits per heavy atom. The Balaban J connectivity index is 2.63. The van der Waals surface area contributed by atoms with Crippen LogP contribution in [0.25, 0.3) is 11.1 Å². The maximum atomic E-state index is 5.91. The maximum absolute atomic E-state index is 5.91. The summed E-state index contributed by atoms with van der Waals surface area (Å²) >= 11 is 9.43. The average Bonchev–Trinajstić information content (AvgIpc) is 2.29. The van der Waals surface area contributed by atoms with E-state index < -0.39 is 0 Å². The van der Waals surface area contributed by atoms with Crippen LogP contribution in [0.1, 0.15) is 5.56 Å². The van der Waals surface area contributed by atoms with Crippen LogP contribution in [0.4, 0.5) is 0 Å². The highest BCUT2D eigenvalue weighted by atomic mass is 79.9. The summed E-state index contributed by atoms with van der Waals surface area (Å²) in [6.07, 6.45) is 1.72. The molecule has 82 valence electrons. The van der Waals surface area contributed by atoms with Crippen molar-refractivity contribution in [2.45, 2.75) is 6.54 Å². The lowest BCUT2D eigenvalue weighted by Gasteiger charge is -2.09. The number of hydrogen-bond donors (Lipinski definition) is 1. The molecule has 0 radical (unpaired) electrons. The van der Waals surface area contributed by atoms with Gasteiger partial charge in [0.05, 0.1) is 0 Å². The molecule has 0 saturated heterocycles. The molecule has 1 heterocycles. The maximum Gasteiger partial charge on any atom is 0.129 e. The number of rotatable bonds is 2. The Kier molecular flexibility index (Phi) is 3.59. The summed E-state index contributed by atoms with van der Waals surface area (Å²) in [7, 11) is 0. The van der Waals surface area contributed by atoms with E-state index in [0.717, 1.165) is 21.2 Å². The van der Waals surface area contributed by atoms with Gasteiger partial charge in [0.1, 0.15) is 5.15 Å². The summed E-state index contributed by atoms with van der Waals surface area (Å²) < 4.78 is 1.02. The van der Waals surface area contributed by atoms with Gasteiger partial charge in [-0.15, -0.1) is 0 Å². The second-order valence-corrected chi connectivity index (χ2v) is 4.59. The summed E-state index contributed by atoms with van der Waals surface area (Å²) in [5, 5.41) is 0.475. The summed E-state index contributed by atoms with van der Waals surface area (Å²) in [6.45, 7) is 0.445. The molecule has 2 aromatic rings. The molecule has 0 aliphatic rings. The molecule has 1 aromatic carbocycles. The van der Waals surface area contributed by atoms with Gasteiger partial charge < -0.3 is 5.73 Å². The van der Waals surface area contributed by atoms with Crippen LogP contribution in [-0.4, -0.2) is 4.98 Å². The third-order valence-electron chi connectivity index (χ3n) is 2.34. The van der Waals surface area contributed by atoms with Crippen molar-refractivity contribution in [1.29, 1.82) is 0 Å². The van der Waals surface area contributed by atoms with E-state index in [1.807, 2.05) is 30.3 Å². The number of benzene rings is 1. The van der Waals surface area contributed by atoms with Crippen molar-refractivity contribution in [2.75, 3.05) is 0 Å². The molecule has 0 aliphatic heterocycles. The van der Waals surface area contributed by atoms with Crippen molar-refractivity contribution in [2.24, 2.45) is 5.73 Å². The Morgan fingerprint density at radius 1 is 1.25 bits per heavy atom. The number of aromatic nitrogens is 1. The standard InChI is InChI=1S/C12H10BrClN2/c13-11-4-2-1-3-9(11)10-5-12(14)16-7-8(10)6-15/h1-5,7H,6,15H2. The minimum Gasteiger partial charge on any atom is -0.326 e. The minimum absolute atomic E-state index is 0.445. The zero-order valence-corrected chi connectivity index (χ0v) is 10.8. The monoisotopic (exact) mass is 296 g/mol. The van der Waals surface area contributed by atoms with E-state index in [4.69, 9.17) is 17.3 Å². The van der Waals surface area contributed by atoms with E-state index >= 15 is 0 Å². The lowest BCUT2D eigenvalue weighted by molar-refractivity contribution is 1.05. The van der Waals surface area contributed by atoms with Crippen LogP contribution in [0.3, 0.4) is 0 Å². The molecule has 2 N–H and O–H groups in total. The second-order valence-electron chi connectivity index (χ2n) is 3.35. The highest BCUT2D eigenvalue weighted by Gasteiger charge is 2.08. The van der Waals surface area contributed by atoms with Crippen LogP contribution in [0.5, 0.6) is 0 Å². The fourth-order valence-electron chi connectivity index (χ4n) is 1.55. The third-order valence-corrected chi connectivity index (χ3v) is 3.24. The lowest BCUT2D eigenvalue weighted by atomic mass is 10.0. The molecule has 2 nitrogen and oxygen atoms in total. The highest BCUT2D eigenvalue weighted by Crippen LogP contribution is 2.31. The molecule has 0 amide bonds. The molecule has 0 bridgehead atoms. The van der Waals surface area contributed by atoms with E-state index in [2.05, 4.69) is 20.9 Å². The van der Waals surface area contributed by atoms with E-state index in [1.165, 1.54) is 0 Å². The van der Waals surface area contributed by atoms with Gasteiger partial charge in [0, 0.05) is 17.2 Å². The van der Waals surface area contributed by atoms with Crippen LogP contribution >= 0.6 is 27.5 Å². The number of nitrogens with two attached hydrogens (primary N) is 1. The van der Waals surface area contributed by atoms with Gasteiger partial charge in [-0.05, 0) is 28.8 Å². The zero-order chi connectivity index (χ0) is 11.5. The third kappa shape index (κ3) is 2.26. The molecule has 1 aromatic heterocycles. The van der Waals surface area contributed by atoms with Crippen LogP contribution in [0.2, 0.25) is 5.15 Å². The molecule has 0 spiro atoms. The van der Waals surface area contributed by atoms with E-state index in [1.54, 1.807) is 6.20 Å². The van der Waals surface area contributed by atoms with Gasteiger partial charge in [0.25, 0.3) is 0 Å².